The Morgan fingerprint density at radius 1 is 0.971 bits per heavy atom. The van der Waals surface area contributed by atoms with Gasteiger partial charge in [0, 0.05) is 6.42 Å². The van der Waals surface area contributed by atoms with Gasteiger partial charge in [-0.15, -0.1) is 0 Å². The Kier molecular flexibility index (Phi) is 9.33. The number of benzene rings is 2. The number of unbranched alkanes of at least 4 members (excludes halogenated alkanes) is 3. The summed E-state index contributed by atoms with van der Waals surface area (Å²) in [4.78, 5) is 28.2. The minimum atomic E-state index is -0.387. The molecule has 3 rings (SSSR count). The summed E-state index contributed by atoms with van der Waals surface area (Å²) in [5.41, 5.74) is 1.69. The molecule has 0 radical (unpaired) electrons. The summed E-state index contributed by atoms with van der Waals surface area (Å²) in [5.74, 6) is 1.82. The van der Waals surface area contributed by atoms with E-state index in [-0.39, 0.29) is 24.3 Å². The summed E-state index contributed by atoms with van der Waals surface area (Å²) < 4.78 is 16.4. The molecule has 7 nitrogen and oxygen atoms in total. The van der Waals surface area contributed by atoms with Gasteiger partial charge < -0.3 is 19.1 Å². The van der Waals surface area contributed by atoms with E-state index in [2.05, 4.69) is 6.92 Å². The van der Waals surface area contributed by atoms with Crippen LogP contribution in [0.1, 0.15) is 44.6 Å². The van der Waals surface area contributed by atoms with Crippen molar-refractivity contribution in [1.29, 1.82) is 0 Å². The smallest absolute Gasteiger partial charge is 0.292 e. The van der Waals surface area contributed by atoms with E-state index in [1.165, 1.54) is 17.7 Å². The molecule has 1 N–H and O–H groups in total. The van der Waals surface area contributed by atoms with E-state index < -0.39 is 0 Å². The Balaban J connectivity index is 1.56. The molecular weight excluding hydrogens is 432 g/mol. The zero-order valence-electron chi connectivity index (χ0n) is 20.8. The largest absolute Gasteiger partial charge is 0.494 e. The van der Waals surface area contributed by atoms with Crippen LogP contribution in [-0.2, 0) is 16.0 Å². The number of rotatable bonds is 13. The molecule has 0 saturated carbocycles. The summed E-state index contributed by atoms with van der Waals surface area (Å²) in [6, 6.07) is 12.7. The number of carbonyl (C=O) groups is 2. The average Bonchev–Trinajstić information content (AvgIpc) is 3.16. The number of nitrogens with one attached hydrogen (secondary N) is 1. The monoisotopic (exact) mass is 469 g/mol. The van der Waals surface area contributed by atoms with Gasteiger partial charge in [-0.1, -0.05) is 32.3 Å². The number of hydrogen-bond donors (Lipinski definition) is 1. The maximum Gasteiger partial charge on any atom is 0.292 e. The summed E-state index contributed by atoms with van der Waals surface area (Å²) in [6.07, 6.45) is 5.57. The van der Waals surface area contributed by atoms with Crippen LogP contribution in [0.15, 0.2) is 42.5 Å². The fraction of sp³-hybridized carbons (Fsp3) is 0.481. The van der Waals surface area contributed by atoms with Crippen molar-refractivity contribution in [2.45, 2.75) is 51.5 Å². The summed E-state index contributed by atoms with van der Waals surface area (Å²) in [6.45, 7) is 3.58. The molecule has 1 unspecified atom stereocenters. The summed E-state index contributed by atoms with van der Waals surface area (Å²) >= 11 is 0. The second kappa shape index (κ2) is 12.4. The SMILES string of the molecule is CCCCCCOc1ccc(N2C(=O)C[C@H]([NH+](C)CCc3ccc(OC)c(OC)c3)C2=O)cc1. The lowest BCUT2D eigenvalue weighted by Crippen LogP contribution is -3.14. The van der Waals surface area contributed by atoms with Crippen LogP contribution in [0.2, 0.25) is 0 Å². The van der Waals surface area contributed by atoms with Crippen molar-refractivity contribution in [3.8, 4) is 17.2 Å². The highest BCUT2D eigenvalue weighted by Crippen LogP contribution is 2.28. The minimum absolute atomic E-state index is 0.150. The number of amides is 2. The van der Waals surface area contributed by atoms with Crippen LogP contribution in [0.3, 0.4) is 0 Å². The molecule has 7 heteroatoms. The number of carbonyl (C=O) groups excluding carboxylic acids is 2. The number of nitrogens with zero attached hydrogens (tertiary/aromatic N) is 1. The topological polar surface area (TPSA) is 69.5 Å². The molecule has 1 fully saturated rings. The first-order chi connectivity index (χ1) is 16.5. The van der Waals surface area contributed by atoms with Crippen LogP contribution < -0.4 is 24.0 Å². The second-order valence-corrected chi connectivity index (χ2v) is 8.76. The molecule has 1 aliphatic heterocycles. The van der Waals surface area contributed by atoms with Crippen molar-refractivity contribution in [2.24, 2.45) is 0 Å². The molecule has 0 bridgehead atoms. The number of hydrogen-bond acceptors (Lipinski definition) is 5. The first kappa shape index (κ1) is 25.6. The minimum Gasteiger partial charge on any atom is -0.494 e. The predicted octanol–water partition coefficient (Wildman–Crippen LogP) is 3.05. The molecule has 184 valence electrons. The van der Waals surface area contributed by atoms with Crippen LogP contribution in [0.5, 0.6) is 17.2 Å². The van der Waals surface area contributed by atoms with Gasteiger partial charge in [0.05, 0.1) is 46.5 Å². The van der Waals surface area contributed by atoms with Crippen LogP contribution >= 0.6 is 0 Å². The third-order valence-electron chi connectivity index (χ3n) is 6.36. The van der Waals surface area contributed by atoms with Crippen molar-refractivity contribution >= 4 is 17.5 Å². The highest BCUT2D eigenvalue weighted by molar-refractivity contribution is 6.21. The van der Waals surface area contributed by atoms with E-state index >= 15 is 0 Å². The van der Waals surface area contributed by atoms with Crippen LogP contribution in [0, 0.1) is 0 Å². The van der Waals surface area contributed by atoms with Crippen LogP contribution in [0.4, 0.5) is 5.69 Å². The van der Waals surface area contributed by atoms with E-state index in [1.54, 1.807) is 26.4 Å². The average molecular weight is 470 g/mol. The normalized spacial score (nSPS) is 16.6. The van der Waals surface area contributed by atoms with Gasteiger partial charge in [-0.25, -0.2) is 4.90 Å². The van der Waals surface area contributed by atoms with E-state index in [1.807, 2.05) is 37.4 Å². The molecule has 34 heavy (non-hydrogen) atoms. The number of likely N-dealkylation sites (N-methyl/N-ethyl adjacent to an activating group) is 1. The van der Waals surface area contributed by atoms with Crippen molar-refractivity contribution in [3.63, 3.8) is 0 Å². The third-order valence-corrected chi connectivity index (χ3v) is 6.36. The van der Waals surface area contributed by atoms with Gasteiger partial charge in [0.25, 0.3) is 5.91 Å². The van der Waals surface area contributed by atoms with Gasteiger partial charge in [0.2, 0.25) is 5.91 Å². The molecule has 1 aliphatic rings. The van der Waals surface area contributed by atoms with Gasteiger partial charge in [0.1, 0.15) is 5.75 Å². The lowest BCUT2D eigenvalue weighted by molar-refractivity contribution is -0.894. The Morgan fingerprint density at radius 2 is 1.71 bits per heavy atom. The van der Waals surface area contributed by atoms with Crippen molar-refractivity contribution < 1.29 is 28.7 Å². The third kappa shape index (κ3) is 6.29. The standard InChI is InChI=1S/C27H36N2O5/c1-5-6-7-8-17-34-22-12-10-21(11-13-22)29-26(30)19-23(27(29)31)28(2)16-15-20-9-14-24(32-3)25(18-20)33-4/h9-14,18,23H,5-8,15-17,19H2,1-4H3/p+1/t23-/m0/s1. The quantitative estimate of drug-likeness (QED) is 0.361. The van der Waals surface area contributed by atoms with Crippen molar-refractivity contribution in [2.75, 3.05) is 39.3 Å². The zero-order valence-corrected chi connectivity index (χ0v) is 20.8. The van der Waals surface area contributed by atoms with Gasteiger partial charge >= 0.3 is 0 Å². The molecule has 2 atom stereocenters. The number of anilines is 1. The van der Waals surface area contributed by atoms with Gasteiger partial charge in [0.15, 0.2) is 17.5 Å². The van der Waals surface area contributed by atoms with Gasteiger partial charge in [-0.2, -0.15) is 0 Å². The number of methoxy groups -OCH3 is 2. The van der Waals surface area contributed by atoms with E-state index in [9.17, 15) is 9.59 Å². The Morgan fingerprint density at radius 3 is 2.38 bits per heavy atom. The molecule has 0 aliphatic carbocycles. The molecule has 2 amide bonds. The number of quaternary nitrogens is 1. The highest BCUT2D eigenvalue weighted by atomic mass is 16.5. The Labute approximate surface area is 202 Å². The van der Waals surface area contributed by atoms with Crippen LogP contribution in [0.25, 0.3) is 0 Å². The van der Waals surface area contributed by atoms with E-state index in [4.69, 9.17) is 14.2 Å². The first-order valence-corrected chi connectivity index (χ1v) is 12.1. The van der Waals surface area contributed by atoms with Crippen molar-refractivity contribution in [1.82, 2.24) is 0 Å². The molecule has 2 aromatic carbocycles. The Hall–Kier alpha value is -3.06. The molecular formula is C27H37N2O5+. The maximum absolute atomic E-state index is 13.1. The summed E-state index contributed by atoms with van der Waals surface area (Å²) in [5, 5.41) is 0. The molecule has 1 saturated heterocycles. The number of imide groups is 1. The van der Waals surface area contributed by atoms with Gasteiger partial charge in [-0.05, 0) is 48.4 Å². The van der Waals surface area contributed by atoms with Crippen molar-refractivity contribution in [3.05, 3.63) is 48.0 Å². The molecule has 1 heterocycles. The van der Waals surface area contributed by atoms with E-state index in [0.29, 0.717) is 23.8 Å². The lowest BCUT2D eigenvalue weighted by atomic mass is 10.1. The molecule has 2 aromatic rings. The first-order valence-electron chi connectivity index (χ1n) is 12.1. The molecule has 0 spiro atoms. The summed E-state index contributed by atoms with van der Waals surface area (Å²) in [7, 11) is 5.19. The van der Waals surface area contributed by atoms with Gasteiger partial charge in [-0.3, -0.25) is 9.59 Å². The fourth-order valence-corrected chi connectivity index (χ4v) is 4.25. The zero-order chi connectivity index (χ0) is 24.5. The van der Waals surface area contributed by atoms with Crippen LogP contribution in [-0.4, -0.2) is 52.3 Å². The predicted molar refractivity (Wildman–Crippen MR) is 132 cm³/mol. The fourth-order valence-electron chi connectivity index (χ4n) is 4.25. The second-order valence-electron chi connectivity index (χ2n) is 8.76. The maximum atomic E-state index is 13.1. The van der Waals surface area contributed by atoms with E-state index in [0.717, 1.165) is 42.0 Å². The Bertz CT molecular complexity index is 960. The lowest BCUT2D eigenvalue weighted by Gasteiger charge is -2.20. The number of ether oxygens (including phenoxy) is 3. The molecule has 0 aromatic heterocycles. The highest BCUT2D eigenvalue weighted by Gasteiger charge is 2.44.